The molecule has 1 heterocycles. The van der Waals surface area contributed by atoms with E-state index in [0.29, 0.717) is 5.69 Å². The number of carbonyl (C=O) groups is 1. The normalized spacial score (nSPS) is 10.3. The molecular weight excluding hydrogens is 237 g/mol. The van der Waals surface area contributed by atoms with Crippen molar-refractivity contribution in [3.05, 3.63) is 64.3 Å². The van der Waals surface area contributed by atoms with Crippen molar-refractivity contribution >= 4 is 5.97 Å². The fourth-order valence-electron chi connectivity index (χ4n) is 1.63. The van der Waals surface area contributed by atoms with Crippen molar-refractivity contribution in [2.45, 2.75) is 6.42 Å². The zero-order chi connectivity index (χ0) is 13.1. The number of rotatable bonds is 3. The molecule has 0 atom stereocenters. The van der Waals surface area contributed by atoms with Gasteiger partial charge in [-0.3, -0.25) is 9.36 Å². The van der Waals surface area contributed by atoms with Gasteiger partial charge < -0.3 is 9.90 Å². The number of benzene rings is 1. The Morgan fingerprint density at radius 1 is 1.28 bits per heavy atom. The molecule has 0 saturated heterocycles. The molecule has 0 aliphatic rings. The molecule has 0 unspecified atom stereocenters. The predicted molar refractivity (Wildman–Crippen MR) is 60.7 cm³/mol. The molecule has 0 radical (unpaired) electrons. The van der Waals surface area contributed by atoms with E-state index in [2.05, 4.69) is 0 Å². The predicted octanol–water partition coefficient (Wildman–Crippen LogP) is 0.269. The Hall–Kier alpha value is -2.43. The number of carboxylic acids is 1. The number of carboxylic acid groups (broad SMARTS) is 1. The van der Waals surface area contributed by atoms with Gasteiger partial charge in [0.05, 0.1) is 5.69 Å². The smallest absolute Gasteiger partial charge is 0.255 e. The number of carbonyl (C=O) groups excluding carboxylic acids is 1. The second-order valence-corrected chi connectivity index (χ2v) is 3.73. The second-order valence-electron chi connectivity index (χ2n) is 3.73. The van der Waals surface area contributed by atoms with Crippen molar-refractivity contribution in [1.82, 2.24) is 4.57 Å². The highest BCUT2D eigenvalue weighted by molar-refractivity contribution is 5.68. The Labute approximate surface area is 102 Å². The second kappa shape index (κ2) is 4.83. The van der Waals surface area contributed by atoms with E-state index >= 15 is 0 Å². The number of hydrogen-bond donors (Lipinski definition) is 0. The van der Waals surface area contributed by atoms with Gasteiger partial charge in [-0.15, -0.1) is 0 Å². The molecule has 1 aromatic heterocycles. The summed E-state index contributed by atoms with van der Waals surface area (Å²) in [6.07, 6.45) is 1.02. The van der Waals surface area contributed by atoms with Crippen LogP contribution in [0.5, 0.6) is 0 Å². The van der Waals surface area contributed by atoms with Crippen LogP contribution in [0.4, 0.5) is 4.39 Å². The van der Waals surface area contributed by atoms with Gasteiger partial charge >= 0.3 is 0 Å². The summed E-state index contributed by atoms with van der Waals surface area (Å²) in [4.78, 5) is 21.9. The lowest BCUT2D eigenvalue weighted by molar-refractivity contribution is -0.304. The van der Waals surface area contributed by atoms with E-state index in [1.165, 1.54) is 29.0 Å². The van der Waals surface area contributed by atoms with Crippen LogP contribution < -0.4 is 10.7 Å². The van der Waals surface area contributed by atoms with Crippen molar-refractivity contribution in [2.24, 2.45) is 0 Å². The van der Waals surface area contributed by atoms with Crippen LogP contribution in [0.1, 0.15) is 5.56 Å². The maximum atomic E-state index is 13.6. The number of aliphatic carboxylic acids is 1. The number of nitrogens with zero attached hydrogens (tertiary/aromatic N) is 1. The van der Waals surface area contributed by atoms with Crippen LogP contribution in [0, 0.1) is 5.82 Å². The SMILES string of the molecule is O=C([O-])Cc1ccc(-n2ccccc2=O)cc1F. The quantitative estimate of drug-likeness (QED) is 0.781. The molecule has 2 rings (SSSR count). The molecule has 1 aromatic carbocycles. The van der Waals surface area contributed by atoms with Gasteiger partial charge in [0.2, 0.25) is 0 Å². The summed E-state index contributed by atoms with van der Waals surface area (Å²) in [7, 11) is 0. The zero-order valence-corrected chi connectivity index (χ0v) is 9.30. The van der Waals surface area contributed by atoms with E-state index in [4.69, 9.17) is 0 Å². The zero-order valence-electron chi connectivity index (χ0n) is 9.30. The van der Waals surface area contributed by atoms with Crippen molar-refractivity contribution in [3.63, 3.8) is 0 Å². The molecule has 0 spiro atoms. The first kappa shape index (κ1) is 12.0. The molecule has 0 amide bonds. The van der Waals surface area contributed by atoms with Crippen LogP contribution >= 0.6 is 0 Å². The molecule has 0 saturated carbocycles. The highest BCUT2D eigenvalue weighted by Crippen LogP contribution is 2.13. The van der Waals surface area contributed by atoms with Gasteiger partial charge in [-0.25, -0.2) is 4.39 Å². The molecular formula is C13H9FNO3-. The van der Waals surface area contributed by atoms with Crippen molar-refractivity contribution in [1.29, 1.82) is 0 Å². The van der Waals surface area contributed by atoms with Crippen LogP contribution in [0.15, 0.2) is 47.4 Å². The maximum absolute atomic E-state index is 13.6. The van der Waals surface area contributed by atoms with Gasteiger partial charge in [0.1, 0.15) is 5.82 Å². The fraction of sp³-hybridized carbons (Fsp3) is 0.0769. The highest BCUT2D eigenvalue weighted by Gasteiger charge is 2.05. The summed E-state index contributed by atoms with van der Waals surface area (Å²) in [5, 5.41) is 10.4. The van der Waals surface area contributed by atoms with Gasteiger partial charge in [-0.2, -0.15) is 0 Å². The van der Waals surface area contributed by atoms with Gasteiger partial charge in [0.15, 0.2) is 0 Å². The number of halogens is 1. The van der Waals surface area contributed by atoms with Crippen LogP contribution in [-0.4, -0.2) is 10.5 Å². The van der Waals surface area contributed by atoms with Gasteiger partial charge in [0.25, 0.3) is 5.56 Å². The molecule has 0 bridgehead atoms. The van der Waals surface area contributed by atoms with E-state index in [9.17, 15) is 19.1 Å². The van der Waals surface area contributed by atoms with Crippen molar-refractivity contribution < 1.29 is 14.3 Å². The average molecular weight is 246 g/mol. The maximum Gasteiger partial charge on any atom is 0.255 e. The Morgan fingerprint density at radius 3 is 2.67 bits per heavy atom. The minimum atomic E-state index is -1.35. The minimum Gasteiger partial charge on any atom is -0.550 e. The summed E-state index contributed by atoms with van der Waals surface area (Å²) in [6.45, 7) is 0. The molecule has 5 heteroatoms. The summed E-state index contributed by atoms with van der Waals surface area (Å²) in [5.41, 5.74) is 0.0903. The lowest BCUT2D eigenvalue weighted by atomic mass is 10.1. The van der Waals surface area contributed by atoms with Crippen molar-refractivity contribution in [2.75, 3.05) is 0 Å². The fourth-order valence-corrected chi connectivity index (χ4v) is 1.63. The topological polar surface area (TPSA) is 62.1 Å². The first-order chi connectivity index (χ1) is 8.58. The third-order valence-corrected chi connectivity index (χ3v) is 2.47. The lowest BCUT2D eigenvalue weighted by Gasteiger charge is -2.08. The molecule has 0 aliphatic carbocycles. The van der Waals surface area contributed by atoms with Crippen molar-refractivity contribution in [3.8, 4) is 5.69 Å². The first-order valence-electron chi connectivity index (χ1n) is 5.24. The van der Waals surface area contributed by atoms with Gasteiger partial charge in [-0.1, -0.05) is 12.1 Å². The summed E-state index contributed by atoms with van der Waals surface area (Å²) < 4.78 is 14.9. The third-order valence-electron chi connectivity index (χ3n) is 2.47. The van der Waals surface area contributed by atoms with E-state index in [-0.39, 0.29) is 11.1 Å². The molecule has 0 aliphatic heterocycles. The van der Waals surface area contributed by atoms with Crippen LogP contribution in [-0.2, 0) is 11.2 Å². The van der Waals surface area contributed by atoms with Crippen LogP contribution in [0.25, 0.3) is 5.69 Å². The minimum absolute atomic E-state index is 0.0303. The van der Waals surface area contributed by atoms with E-state index in [1.54, 1.807) is 12.1 Å². The summed E-state index contributed by atoms with van der Waals surface area (Å²) >= 11 is 0. The number of hydrogen-bond acceptors (Lipinski definition) is 3. The van der Waals surface area contributed by atoms with E-state index in [1.807, 2.05) is 0 Å². The lowest BCUT2D eigenvalue weighted by Crippen LogP contribution is -2.25. The monoisotopic (exact) mass is 246 g/mol. The molecule has 4 nitrogen and oxygen atoms in total. The molecule has 0 fully saturated rings. The summed E-state index contributed by atoms with van der Waals surface area (Å²) in [6, 6.07) is 8.53. The Kier molecular flexibility index (Phi) is 3.23. The largest absolute Gasteiger partial charge is 0.550 e. The summed E-state index contributed by atoms with van der Waals surface area (Å²) in [5.74, 6) is -2.02. The third kappa shape index (κ3) is 2.45. The van der Waals surface area contributed by atoms with Crippen LogP contribution in [0.3, 0.4) is 0 Å². The Balaban J connectivity index is 2.44. The molecule has 18 heavy (non-hydrogen) atoms. The van der Waals surface area contributed by atoms with Gasteiger partial charge in [-0.05, 0) is 23.8 Å². The average Bonchev–Trinajstić information content (AvgIpc) is 2.32. The van der Waals surface area contributed by atoms with E-state index < -0.39 is 18.2 Å². The van der Waals surface area contributed by atoms with Crippen LogP contribution in [0.2, 0.25) is 0 Å². The Bertz CT molecular complexity index is 649. The number of pyridine rings is 1. The standard InChI is InChI=1S/C13H10FNO3/c14-11-8-10(5-4-9(11)7-13(17)18)15-6-2-1-3-12(15)16/h1-6,8H,7H2,(H,17,18)/p-1. The Morgan fingerprint density at radius 2 is 2.06 bits per heavy atom. The molecule has 0 N–H and O–H groups in total. The van der Waals surface area contributed by atoms with E-state index in [0.717, 1.165) is 6.07 Å². The number of aromatic nitrogens is 1. The highest BCUT2D eigenvalue weighted by atomic mass is 19.1. The molecule has 92 valence electrons. The molecule has 2 aromatic rings. The first-order valence-corrected chi connectivity index (χ1v) is 5.24. The van der Waals surface area contributed by atoms with Gasteiger partial charge in [0, 0.05) is 24.7 Å².